The first kappa shape index (κ1) is 13.9. The third-order valence-corrected chi connectivity index (χ3v) is 2.99. The highest BCUT2D eigenvalue weighted by Crippen LogP contribution is 2.15. The van der Waals surface area contributed by atoms with Gasteiger partial charge in [-0.3, -0.25) is 9.69 Å². The fourth-order valence-corrected chi connectivity index (χ4v) is 2.38. The number of rotatable bonds is 6. The van der Waals surface area contributed by atoms with Crippen molar-refractivity contribution in [3.8, 4) is 0 Å². The molecule has 1 heterocycles. The average Bonchev–Trinajstić information content (AvgIpc) is 2.67. The number of ketones is 1. The van der Waals surface area contributed by atoms with Crippen molar-refractivity contribution in [1.29, 1.82) is 0 Å². The van der Waals surface area contributed by atoms with Crippen molar-refractivity contribution in [3.05, 3.63) is 18.2 Å². The van der Waals surface area contributed by atoms with Crippen LogP contribution in [-0.2, 0) is 11.2 Å². The fraction of sp³-hybridized carbons (Fsp3) is 0.692. The lowest BCUT2D eigenvalue weighted by atomic mass is 10.0. The van der Waals surface area contributed by atoms with E-state index in [1.54, 1.807) is 19.4 Å². The molecule has 0 aromatic carbocycles. The van der Waals surface area contributed by atoms with Gasteiger partial charge in [-0.15, -0.1) is 0 Å². The van der Waals surface area contributed by atoms with Gasteiger partial charge >= 0.3 is 0 Å². The maximum absolute atomic E-state index is 11.8. The number of carbonyl (C=O) groups excluding carboxylic acids is 1. The molecule has 4 nitrogen and oxygen atoms in total. The van der Waals surface area contributed by atoms with Gasteiger partial charge in [0.25, 0.3) is 0 Å². The number of H-pyrrole nitrogens is 1. The van der Waals surface area contributed by atoms with Crippen LogP contribution >= 0.6 is 0 Å². The quantitative estimate of drug-likeness (QED) is 0.823. The van der Waals surface area contributed by atoms with Crippen LogP contribution in [0, 0.1) is 0 Å². The summed E-state index contributed by atoms with van der Waals surface area (Å²) in [6.07, 6.45) is 4.14. The molecule has 0 amide bonds. The van der Waals surface area contributed by atoms with Crippen LogP contribution in [0.15, 0.2) is 12.5 Å². The standard InChI is InChI=1S/C13H23N3O/c1-9(2)16(10(3)4)13(11(5)17)6-12-7-14-8-15-12/h7-10,13H,6H2,1-5H3,(H,14,15). The lowest BCUT2D eigenvalue weighted by Gasteiger charge is -2.36. The Labute approximate surface area is 103 Å². The zero-order valence-corrected chi connectivity index (χ0v) is 11.4. The summed E-state index contributed by atoms with van der Waals surface area (Å²) in [4.78, 5) is 21.2. The summed E-state index contributed by atoms with van der Waals surface area (Å²) in [6.45, 7) is 10.2. The molecule has 0 aliphatic carbocycles. The SMILES string of the molecule is CC(=O)C(Cc1cnc[nH]1)N(C(C)C)C(C)C. The number of nitrogens with one attached hydrogen (secondary N) is 1. The number of hydrogen-bond donors (Lipinski definition) is 1. The average molecular weight is 237 g/mol. The molecule has 0 saturated carbocycles. The molecule has 1 N–H and O–H groups in total. The van der Waals surface area contributed by atoms with Crippen molar-refractivity contribution in [2.24, 2.45) is 0 Å². The number of hydrogen-bond acceptors (Lipinski definition) is 3. The van der Waals surface area contributed by atoms with Gasteiger partial charge < -0.3 is 4.98 Å². The normalized spacial score (nSPS) is 13.6. The van der Waals surface area contributed by atoms with Gasteiger partial charge in [-0.1, -0.05) is 0 Å². The van der Waals surface area contributed by atoms with Crippen LogP contribution < -0.4 is 0 Å². The Morgan fingerprint density at radius 3 is 2.29 bits per heavy atom. The van der Waals surface area contributed by atoms with Gasteiger partial charge in [0.1, 0.15) is 5.78 Å². The topological polar surface area (TPSA) is 49.0 Å². The molecule has 0 aliphatic heterocycles. The Morgan fingerprint density at radius 2 is 1.94 bits per heavy atom. The van der Waals surface area contributed by atoms with Gasteiger partial charge in [0.05, 0.1) is 12.4 Å². The molecule has 0 aliphatic rings. The highest BCUT2D eigenvalue weighted by atomic mass is 16.1. The summed E-state index contributed by atoms with van der Waals surface area (Å²) >= 11 is 0. The van der Waals surface area contributed by atoms with Crippen molar-refractivity contribution in [3.63, 3.8) is 0 Å². The van der Waals surface area contributed by atoms with E-state index in [9.17, 15) is 4.79 Å². The van der Waals surface area contributed by atoms with Gasteiger partial charge in [0, 0.05) is 30.4 Å². The van der Waals surface area contributed by atoms with Crippen molar-refractivity contribution in [2.75, 3.05) is 0 Å². The molecular weight excluding hydrogens is 214 g/mol. The van der Waals surface area contributed by atoms with Crippen LogP contribution in [0.3, 0.4) is 0 Å². The van der Waals surface area contributed by atoms with Crippen LogP contribution in [0.1, 0.15) is 40.3 Å². The second-order valence-corrected chi connectivity index (χ2v) is 5.04. The number of Topliss-reactive ketones (excluding diaryl/α,β-unsaturated/α-hetero) is 1. The minimum absolute atomic E-state index is 0.0737. The highest BCUT2D eigenvalue weighted by Gasteiger charge is 2.27. The minimum Gasteiger partial charge on any atom is -0.348 e. The maximum Gasteiger partial charge on any atom is 0.147 e. The van der Waals surface area contributed by atoms with Crippen molar-refractivity contribution >= 4 is 5.78 Å². The summed E-state index contributed by atoms with van der Waals surface area (Å²) < 4.78 is 0. The zero-order valence-electron chi connectivity index (χ0n) is 11.4. The van der Waals surface area contributed by atoms with Gasteiger partial charge in [0.15, 0.2) is 0 Å². The van der Waals surface area contributed by atoms with E-state index in [1.807, 2.05) is 0 Å². The van der Waals surface area contributed by atoms with Gasteiger partial charge in [-0.2, -0.15) is 0 Å². The molecule has 1 unspecified atom stereocenters. The molecule has 0 bridgehead atoms. The lowest BCUT2D eigenvalue weighted by Crippen LogP contribution is -2.49. The Hall–Kier alpha value is -1.16. The lowest BCUT2D eigenvalue weighted by molar-refractivity contribution is -0.123. The van der Waals surface area contributed by atoms with E-state index in [2.05, 4.69) is 42.6 Å². The van der Waals surface area contributed by atoms with Gasteiger partial charge in [0.2, 0.25) is 0 Å². The van der Waals surface area contributed by atoms with Crippen LogP contribution in [0.4, 0.5) is 0 Å². The number of carbonyl (C=O) groups is 1. The molecule has 0 radical (unpaired) electrons. The monoisotopic (exact) mass is 237 g/mol. The van der Waals surface area contributed by atoms with Crippen molar-refractivity contribution < 1.29 is 4.79 Å². The molecule has 0 saturated heterocycles. The summed E-state index contributed by atoms with van der Waals surface area (Å²) in [5, 5.41) is 0. The Kier molecular flexibility index (Phi) is 4.87. The highest BCUT2D eigenvalue weighted by molar-refractivity contribution is 5.81. The Balaban J connectivity index is 2.87. The first-order chi connectivity index (χ1) is 7.93. The van der Waals surface area contributed by atoms with Crippen LogP contribution in [0.5, 0.6) is 0 Å². The molecule has 4 heteroatoms. The predicted octanol–water partition coefficient (Wildman–Crippen LogP) is 2.03. The van der Waals surface area contributed by atoms with Crippen molar-refractivity contribution in [2.45, 2.75) is 59.2 Å². The first-order valence-corrected chi connectivity index (χ1v) is 6.18. The minimum atomic E-state index is -0.0737. The van der Waals surface area contributed by atoms with E-state index in [1.165, 1.54) is 0 Å². The Morgan fingerprint density at radius 1 is 1.35 bits per heavy atom. The molecule has 1 aromatic heterocycles. The number of nitrogens with zero attached hydrogens (tertiary/aromatic N) is 2. The van der Waals surface area contributed by atoms with Gasteiger partial charge in [-0.25, -0.2) is 4.98 Å². The van der Waals surface area contributed by atoms with E-state index in [4.69, 9.17) is 0 Å². The van der Waals surface area contributed by atoms with Crippen LogP contribution in [0.25, 0.3) is 0 Å². The largest absolute Gasteiger partial charge is 0.348 e. The first-order valence-electron chi connectivity index (χ1n) is 6.18. The van der Waals surface area contributed by atoms with E-state index in [0.717, 1.165) is 5.69 Å². The molecule has 1 atom stereocenters. The molecule has 17 heavy (non-hydrogen) atoms. The number of imidazole rings is 1. The summed E-state index contributed by atoms with van der Waals surface area (Å²) in [7, 11) is 0. The smallest absolute Gasteiger partial charge is 0.147 e. The molecule has 96 valence electrons. The van der Waals surface area contributed by atoms with E-state index >= 15 is 0 Å². The second-order valence-electron chi connectivity index (χ2n) is 5.04. The number of aromatic nitrogens is 2. The third kappa shape index (κ3) is 3.66. The zero-order chi connectivity index (χ0) is 13.0. The second kappa shape index (κ2) is 5.96. The predicted molar refractivity (Wildman–Crippen MR) is 68.9 cm³/mol. The Bertz CT molecular complexity index is 336. The summed E-state index contributed by atoms with van der Waals surface area (Å²) in [5.74, 6) is 0.210. The third-order valence-electron chi connectivity index (χ3n) is 2.99. The van der Waals surface area contributed by atoms with Crippen LogP contribution in [0.2, 0.25) is 0 Å². The van der Waals surface area contributed by atoms with E-state index in [-0.39, 0.29) is 11.8 Å². The van der Waals surface area contributed by atoms with E-state index in [0.29, 0.717) is 18.5 Å². The van der Waals surface area contributed by atoms with E-state index < -0.39 is 0 Å². The summed E-state index contributed by atoms with van der Waals surface area (Å²) in [5.41, 5.74) is 1.01. The molecule has 0 fully saturated rings. The summed E-state index contributed by atoms with van der Waals surface area (Å²) in [6, 6.07) is 0.633. The van der Waals surface area contributed by atoms with Crippen molar-refractivity contribution in [1.82, 2.24) is 14.9 Å². The molecule has 1 aromatic rings. The number of aromatic amines is 1. The molecular formula is C13H23N3O. The molecule has 1 rings (SSSR count). The fourth-order valence-electron chi connectivity index (χ4n) is 2.38. The van der Waals surface area contributed by atoms with Gasteiger partial charge in [-0.05, 0) is 34.6 Å². The molecule has 0 spiro atoms. The van der Waals surface area contributed by atoms with Crippen LogP contribution in [-0.4, -0.2) is 38.8 Å². The maximum atomic E-state index is 11.8.